The smallest absolute Gasteiger partial charge is 0.333 e. The number of rotatable bonds is 15. The number of ether oxygens (including phenoxy) is 3. The minimum atomic E-state index is -1.26. The maximum Gasteiger partial charge on any atom is 0.333 e. The molecule has 0 amide bonds. The van der Waals surface area contributed by atoms with Gasteiger partial charge in [0.05, 0.1) is 6.61 Å². The van der Waals surface area contributed by atoms with Crippen molar-refractivity contribution in [2.75, 3.05) is 26.9 Å². The fourth-order valence-corrected chi connectivity index (χ4v) is 2.92. The van der Waals surface area contributed by atoms with Crippen LogP contribution in [0.15, 0.2) is 30.3 Å². The Balaban J connectivity index is 2.23. The summed E-state index contributed by atoms with van der Waals surface area (Å²) in [6.07, 6.45) is 5.91. The van der Waals surface area contributed by atoms with Gasteiger partial charge in [-0.25, -0.2) is 4.79 Å². The van der Waals surface area contributed by atoms with E-state index < -0.39 is 22.0 Å². The molecule has 0 spiro atoms. The predicted molar refractivity (Wildman–Crippen MR) is 108 cm³/mol. The van der Waals surface area contributed by atoms with Gasteiger partial charge in [-0.05, 0) is 42.7 Å². The van der Waals surface area contributed by atoms with Gasteiger partial charge in [0.2, 0.25) is 6.29 Å². The highest BCUT2D eigenvalue weighted by Crippen LogP contribution is 2.14. The molecule has 1 atom stereocenters. The van der Waals surface area contributed by atoms with Crippen LogP contribution < -0.4 is 4.74 Å². The topological polar surface area (TPSA) is 74.2 Å². The summed E-state index contributed by atoms with van der Waals surface area (Å²) in [5, 5.41) is 9.64. The van der Waals surface area contributed by atoms with Crippen molar-refractivity contribution in [1.29, 1.82) is 0 Å². The van der Waals surface area contributed by atoms with E-state index in [0.717, 1.165) is 36.6 Å². The van der Waals surface area contributed by atoms with Crippen LogP contribution >= 0.6 is 0 Å². The van der Waals surface area contributed by atoms with Gasteiger partial charge >= 0.3 is 5.97 Å². The lowest BCUT2D eigenvalue weighted by atomic mass is 10.2. The number of hydrogen-bond donors (Lipinski definition) is 1. The van der Waals surface area contributed by atoms with Gasteiger partial charge in [0.1, 0.15) is 12.4 Å². The Bertz CT molecular complexity index is 532. The first kappa shape index (κ1) is 23.4. The zero-order valence-electron chi connectivity index (χ0n) is 16.4. The lowest BCUT2D eigenvalue weighted by Crippen LogP contribution is -2.22. The zero-order chi connectivity index (χ0) is 19.7. The maximum absolute atomic E-state index is 11.7. The van der Waals surface area contributed by atoms with Crippen LogP contribution in [0.2, 0.25) is 6.04 Å². The molecule has 1 aromatic carbocycles. The molecule has 1 unspecified atom stereocenters. The molecule has 0 heterocycles. The van der Waals surface area contributed by atoms with E-state index in [1.807, 2.05) is 24.3 Å². The third kappa shape index (κ3) is 12.4. The van der Waals surface area contributed by atoms with Gasteiger partial charge in [-0.3, -0.25) is 0 Å². The largest absolute Gasteiger partial charge is 0.494 e. The van der Waals surface area contributed by atoms with Crippen LogP contribution in [0.4, 0.5) is 0 Å². The summed E-state index contributed by atoms with van der Waals surface area (Å²) in [6, 6.07) is 8.49. The summed E-state index contributed by atoms with van der Waals surface area (Å²) < 4.78 is 20.8. The molecule has 0 saturated heterocycles. The van der Waals surface area contributed by atoms with Crippen molar-refractivity contribution >= 4 is 21.8 Å². The average molecular weight is 397 g/mol. The van der Waals surface area contributed by atoms with Crippen LogP contribution in [0.5, 0.6) is 5.75 Å². The first-order valence-electron chi connectivity index (χ1n) is 9.52. The number of hydrogen-bond acceptors (Lipinski definition) is 6. The third-order valence-corrected chi connectivity index (χ3v) is 4.91. The van der Waals surface area contributed by atoms with Crippen LogP contribution in [-0.4, -0.2) is 54.1 Å². The van der Waals surface area contributed by atoms with Gasteiger partial charge in [0, 0.05) is 19.8 Å². The van der Waals surface area contributed by atoms with Crippen LogP contribution in [-0.2, 0) is 18.7 Å². The molecule has 1 aromatic rings. The summed E-state index contributed by atoms with van der Waals surface area (Å²) in [5.41, 5.74) is 0.848. The Morgan fingerprint density at radius 1 is 1.19 bits per heavy atom. The Hall–Kier alpha value is -1.67. The molecule has 0 saturated carbocycles. The first-order valence-corrected chi connectivity index (χ1v) is 11.1. The van der Waals surface area contributed by atoms with Gasteiger partial charge in [-0.15, -0.1) is 0 Å². The minimum Gasteiger partial charge on any atom is -0.494 e. The molecule has 0 aliphatic carbocycles. The summed E-state index contributed by atoms with van der Waals surface area (Å²) in [7, 11) is 1.28. The van der Waals surface area contributed by atoms with Gasteiger partial charge in [0.25, 0.3) is 0 Å². The molecular formula is C20H32O6Si. The van der Waals surface area contributed by atoms with Gasteiger partial charge in [-0.2, -0.15) is 0 Å². The quantitative estimate of drug-likeness (QED) is 0.162. The maximum atomic E-state index is 11.7. The number of carbonyl (C=O) groups is 1. The fraction of sp³-hybridized carbons (Fsp3) is 0.550. The highest BCUT2D eigenvalue weighted by atomic mass is 28.2. The minimum absolute atomic E-state index is 0.0296. The SMILES string of the molecule is CCCCCOc1ccc(C=CC(=O)OC(O)COCCC[SiH2]OC)cc1. The molecule has 0 aliphatic heterocycles. The van der Waals surface area contributed by atoms with E-state index in [2.05, 4.69) is 6.92 Å². The van der Waals surface area contributed by atoms with Gasteiger partial charge in [-0.1, -0.05) is 31.9 Å². The summed E-state index contributed by atoms with van der Waals surface area (Å²) in [5.74, 6) is 0.198. The second-order valence-electron chi connectivity index (χ2n) is 6.12. The van der Waals surface area contributed by atoms with Crippen LogP contribution in [0, 0.1) is 0 Å². The van der Waals surface area contributed by atoms with Crippen molar-refractivity contribution < 1.29 is 28.5 Å². The lowest BCUT2D eigenvalue weighted by molar-refractivity contribution is -0.171. The molecule has 152 valence electrons. The predicted octanol–water partition coefficient (Wildman–Crippen LogP) is 2.69. The molecule has 0 radical (unpaired) electrons. The van der Waals surface area contributed by atoms with E-state index in [9.17, 15) is 9.90 Å². The van der Waals surface area contributed by atoms with Gasteiger partial charge < -0.3 is 23.7 Å². The molecule has 0 fully saturated rings. The second kappa shape index (κ2) is 15.4. The van der Waals surface area contributed by atoms with Crippen molar-refractivity contribution in [1.82, 2.24) is 0 Å². The first-order chi connectivity index (χ1) is 13.2. The van der Waals surface area contributed by atoms with E-state index in [0.29, 0.717) is 13.2 Å². The van der Waals surface area contributed by atoms with Crippen LogP contribution in [0.3, 0.4) is 0 Å². The molecular weight excluding hydrogens is 364 g/mol. The Morgan fingerprint density at radius 2 is 1.96 bits per heavy atom. The van der Waals surface area contributed by atoms with Crippen molar-refractivity contribution in [3.8, 4) is 5.75 Å². The molecule has 6 nitrogen and oxygen atoms in total. The normalized spacial score (nSPS) is 12.7. The molecule has 27 heavy (non-hydrogen) atoms. The Labute approximate surface area is 164 Å². The van der Waals surface area contributed by atoms with Crippen molar-refractivity contribution in [2.45, 2.75) is 44.9 Å². The van der Waals surface area contributed by atoms with Crippen molar-refractivity contribution in [2.24, 2.45) is 0 Å². The molecule has 1 rings (SSSR count). The third-order valence-electron chi connectivity index (χ3n) is 3.71. The zero-order valence-corrected chi connectivity index (χ0v) is 17.8. The molecule has 0 bridgehead atoms. The number of carbonyl (C=O) groups excluding carboxylic acids is 1. The Morgan fingerprint density at radius 3 is 2.67 bits per heavy atom. The second-order valence-corrected chi connectivity index (χ2v) is 7.82. The highest BCUT2D eigenvalue weighted by Gasteiger charge is 2.08. The number of esters is 1. The number of aliphatic hydroxyl groups is 1. The van der Waals surface area contributed by atoms with E-state index >= 15 is 0 Å². The van der Waals surface area contributed by atoms with Crippen LogP contribution in [0.1, 0.15) is 38.2 Å². The highest BCUT2D eigenvalue weighted by molar-refractivity contribution is 6.26. The van der Waals surface area contributed by atoms with E-state index in [-0.39, 0.29) is 6.61 Å². The molecule has 0 aromatic heterocycles. The van der Waals surface area contributed by atoms with Crippen molar-refractivity contribution in [3.63, 3.8) is 0 Å². The summed E-state index contributed by atoms with van der Waals surface area (Å²) in [6.45, 7) is 3.36. The van der Waals surface area contributed by atoms with E-state index in [1.165, 1.54) is 12.5 Å². The number of aliphatic hydroxyl groups excluding tert-OH is 1. The summed E-state index contributed by atoms with van der Waals surface area (Å²) >= 11 is 0. The number of unbranched alkanes of at least 4 members (excludes halogenated alkanes) is 2. The fourth-order valence-electron chi connectivity index (χ4n) is 2.22. The van der Waals surface area contributed by atoms with E-state index in [1.54, 1.807) is 13.2 Å². The lowest BCUT2D eigenvalue weighted by Gasteiger charge is -2.11. The monoisotopic (exact) mass is 396 g/mol. The standard InChI is InChI=1S/C20H32O6Si/c1-3-4-5-14-25-18-10-7-17(8-11-18)9-12-19(21)26-20(22)16-24-13-6-15-27-23-2/h7-12,20,22H,3-6,13-16,27H2,1-2H3. The number of benzene rings is 1. The van der Waals surface area contributed by atoms with Gasteiger partial charge in [0.15, 0.2) is 9.76 Å². The van der Waals surface area contributed by atoms with E-state index in [4.69, 9.17) is 18.6 Å². The average Bonchev–Trinajstić information content (AvgIpc) is 2.67. The molecule has 1 N–H and O–H groups in total. The molecule has 7 heteroatoms. The van der Waals surface area contributed by atoms with Crippen molar-refractivity contribution in [3.05, 3.63) is 35.9 Å². The summed E-state index contributed by atoms with van der Waals surface area (Å²) in [4.78, 5) is 11.7. The van der Waals surface area contributed by atoms with Crippen LogP contribution in [0.25, 0.3) is 6.08 Å². The molecule has 0 aliphatic rings. The Kier molecular flexibility index (Phi) is 13.3.